The number of fused-ring (bicyclic) bond motifs is 1. The van der Waals surface area contributed by atoms with Gasteiger partial charge in [-0.05, 0) is 31.2 Å². The number of carbonyl (C=O) groups is 1. The van der Waals surface area contributed by atoms with Crippen LogP contribution in [0.3, 0.4) is 0 Å². The van der Waals surface area contributed by atoms with Crippen LogP contribution in [-0.2, 0) is 26.6 Å². The highest BCUT2D eigenvalue weighted by Gasteiger charge is 2.23. The molecule has 1 atom stereocenters. The maximum atomic E-state index is 12.5. The van der Waals surface area contributed by atoms with E-state index in [1.54, 1.807) is 33.1 Å². The largest absolute Gasteiger partial charge is 0.348 e. The van der Waals surface area contributed by atoms with Gasteiger partial charge in [-0.25, -0.2) is 9.48 Å². The van der Waals surface area contributed by atoms with E-state index >= 15 is 0 Å². The summed E-state index contributed by atoms with van der Waals surface area (Å²) < 4.78 is 5.05. The first kappa shape index (κ1) is 18.8. The third kappa shape index (κ3) is 4.03. The van der Waals surface area contributed by atoms with Gasteiger partial charge in [-0.1, -0.05) is 25.4 Å². The summed E-state index contributed by atoms with van der Waals surface area (Å²) in [5.74, 6) is 1.21. The Morgan fingerprint density at radius 1 is 1.42 bits per heavy atom. The zero-order chi connectivity index (χ0) is 18.8. The zero-order valence-electron chi connectivity index (χ0n) is 15.5. The fourth-order valence-electron chi connectivity index (χ4n) is 3.31. The normalized spacial score (nSPS) is 17.2. The molecule has 0 saturated carbocycles. The van der Waals surface area contributed by atoms with Crippen molar-refractivity contribution in [3.05, 3.63) is 39.3 Å². The fourth-order valence-corrected chi connectivity index (χ4v) is 3.56. The zero-order valence-corrected chi connectivity index (χ0v) is 16.3. The van der Waals surface area contributed by atoms with E-state index in [-0.39, 0.29) is 17.6 Å². The second-order valence-electron chi connectivity index (χ2n) is 7.41. The third-order valence-electron chi connectivity index (χ3n) is 4.87. The second kappa shape index (κ2) is 7.70. The number of halogens is 1. The lowest BCUT2D eigenvalue weighted by atomic mass is 10.1. The van der Waals surface area contributed by atoms with Crippen molar-refractivity contribution >= 4 is 17.5 Å². The third-order valence-corrected chi connectivity index (χ3v) is 5.08. The van der Waals surface area contributed by atoms with Crippen molar-refractivity contribution in [2.75, 3.05) is 0 Å². The van der Waals surface area contributed by atoms with E-state index in [1.165, 1.54) is 0 Å². The number of aromatic nitrogens is 4. The van der Waals surface area contributed by atoms with Crippen LogP contribution >= 0.6 is 11.6 Å². The first-order valence-corrected chi connectivity index (χ1v) is 9.52. The number of hydrogen-bond donors (Lipinski definition) is 1. The molecule has 26 heavy (non-hydrogen) atoms. The molecule has 1 aliphatic rings. The van der Waals surface area contributed by atoms with Crippen molar-refractivity contribution in [3.8, 4) is 0 Å². The summed E-state index contributed by atoms with van der Waals surface area (Å²) in [5, 5.41) is 8.11. The first-order valence-electron chi connectivity index (χ1n) is 9.14. The molecule has 1 amide bonds. The molecule has 1 aliphatic heterocycles. The Morgan fingerprint density at radius 2 is 2.19 bits per heavy atom. The van der Waals surface area contributed by atoms with E-state index in [4.69, 9.17) is 11.6 Å². The molecular weight excluding hydrogens is 354 g/mol. The lowest BCUT2D eigenvalue weighted by Gasteiger charge is -2.16. The van der Waals surface area contributed by atoms with Gasteiger partial charge in [-0.3, -0.25) is 9.36 Å². The molecule has 2 aromatic rings. The van der Waals surface area contributed by atoms with E-state index in [2.05, 4.69) is 24.3 Å². The predicted octanol–water partition coefficient (Wildman–Crippen LogP) is 2.22. The van der Waals surface area contributed by atoms with E-state index in [1.807, 2.05) is 0 Å². The highest BCUT2D eigenvalue weighted by molar-refractivity contribution is 6.31. The molecule has 3 heterocycles. The number of aryl methyl sites for hydroxylation is 3. The van der Waals surface area contributed by atoms with E-state index < -0.39 is 0 Å². The minimum Gasteiger partial charge on any atom is -0.348 e. The van der Waals surface area contributed by atoms with Crippen molar-refractivity contribution in [1.29, 1.82) is 0 Å². The molecule has 0 saturated heterocycles. The lowest BCUT2D eigenvalue weighted by molar-refractivity contribution is 0.0924. The molecule has 8 heteroatoms. The average Bonchev–Trinajstić information content (AvgIpc) is 2.98. The summed E-state index contributed by atoms with van der Waals surface area (Å²) >= 11 is 5.95. The number of nitrogens with zero attached hydrogens (tertiary/aromatic N) is 4. The Kier molecular flexibility index (Phi) is 5.55. The number of nitrogens with one attached hydrogen (secondary N) is 1. The molecule has 2 aromatic heterocycles. The number of carbonyl (C=O) groups excluding carboxylic acids is 1. The van der Waals surface area contributed by atoms with Crippen LogP contribution in [0.4, 0.5) is 0 Å². The standard InChI is InChI=1S/C18H26ClN5O2/c1-12(2)6-9-24-18(26)23-8-7-14(4-5-16(23)21-24)20-17(25)15-10-13(19)11-22(15)3/h10-12,14H,4-9H2,1-3H3,(H,20,25). The van der Waals surface area contributed by atoms with Crippen LogP contribution in [0.15, 0.2) is 17.1 Å². The minimum atomic E-state index is -0.140. The molecule has 0 bridgehead atoms. The van der Waals surface area contributed by atoms with Gasteiger partial charge >= 0.3 is 5.69 Å². The van der Waals surface area contributed by atoms with Crippen LogP contribution in [0, 0.1) is 5.92 Å². The Labute approximate surface area is 157 Å². The van der Waals surface area contributed by atoms with Gasteiger partial charge in [0.1, 0.15) is 11.5 Å². The van der Waals surface area contributed by atoms with Gasteiger partial charge in [0.2, 0.25) is 0 Å². The maximum absolute atomic E-state index is 12.5. The van der Waals surface area contributed by atoms with Crippen LogP contribution in [0.1, 0.15) is 49.4 Å². The maximum Gasteiger partial charge on any atom is 0.345 e. The van der Waals surface area contributed by atoms with Crippen LogP contribution in [0.2, 0.25) is 5.02 Å². The summed E-state index contributed by atoms with van der Waals surface area (Å²) in [6.45, 7) is 5.51. The molecule has 0 spiro atoms. The average molecular weight is 380 g/mol. The first-order chi connectivity index (χ1) is 12.3. The van der Waals surface area contributed by atoms with Crippen molar-refractivity contribution in [3.63, 3.8) is 0 Å². The fraction of sp³-hybridized carbons (Fsp3) is 0.611. The monoisotopic (exact) mass is 379 g/mol. The molecule has 0 aliphatic carbocycles. The molecule has 142 valence electrons. The summed E-state index contributed by atoms with van der Waals surface area (Å²) in [4.78, 5) is 25.0. The van der Waals surface area contributed by atoms with Crippen LogP contribution in [-0.4, -0.2) is 30.9 Å². The van der Waals surface area contributed by atoms with Gasteiger partial charge in [-0.2, -0.15) is 5.10 Å². The molecule has 3 rings (SSSR count). The van der Waals surface area contributed by atoms with Crippen molar-refractivity contribution in [1.82, 2.24) is 24.2 Å². The Bertz CT molecular complexity index is 848. The quantitative estimate of drug-likeness (QED) is 0.865. The highest BCUT2D eigenvalue weighted by atomic mass is 35.5. The number of amides is 1. The van der Waals surface area contributed by atoms with Gasteiger partial charge < -0.3 is 9.88 Å². The molecule has 0 aromatic carbocycles. The summed E-state index contributed by atoms with van der Waals surface area (Å²) in [6.07, 6.45) is 4.81. The van der Waals surface area contributed by atoms with Crippen LogP contribution < -0.4 is 11.0 Å². The molecule has 0 radical (unpaired) electrons. The number of hydrogen-bond acceptors (Lipinski definition) is 3. The summed E-state index contributed by atoms with van der Waals surface area (Å²) in [6, 6.07) is 1.67. The summed E-state index contributed by atoms with van der Waals surface area (Å²) in [5.41, 5.74) is 0.495. The molecule has 0 fully saturated rings. The Hall–Kier alpha value is -2.02. The molecular formula is C18H26ClN5O2. The molecule has 1 unspecified atom stereocenters. The van der Waals surface area contributed by atoms with E-state index in [0.717, 1.165) is 18.7 Å². The predicted molar refractivity (Wildman–Crippen MR) is 101 cm³/mol. The number of rotatable bonds is 5. The van der Waals surface area contributed by atoms with E-state index in [0.29, 0.717) is 42.6 Å². The van der Waals surface area contributed by atoms with Gasteiger partial charge in [0, 0.05) is 38.8 Å². The van der Waals surface area contributed by atoms with Gasteiger partial charge in [0.25, 0.3) is 5.91 Å². The Morgan fingerprint density at radius 3 is 2.85 bits per heavy atom. The minimum absolute atomic E-state index is 0.0152. The second-order valence-corrected chi connectivity index (χ2v) is 7.84. The topological polar surface area (TPSA) is 73.8 Å². The van der Waals surface area contributed by atoms with Crippen LogP contribution in [0.25, 0.3) is 0 Å². The van der Waals surface area contributed by atoms with Crippen molar-refractivity contribution < 1.29 is 4.79 Å². The molecule has 7 nitrogen and oxygen atoms in total. The van der Waals surface area contributed by atoms with Gasteiger partial charge in [0.05, 0.1) is 5.02 Å². The Balaban J connectivity index is 1.64. The van der Waals surface area contributed by atoms with Gasteiger partial charge in [0.15, 0.2) is 0 Å². The van der Waals surface area contributed by atoms with Crippen LogP contribution in [0.5, 0.6) is 0 Å². The van der Waals surface area contributed by atoms with E-state index in [9.17, 15) is 9.59 Å². The highest BCUT2D eigenvalue weighted by Crippen LogP contribution is 2.16. The smallest absolute Gasteiger partial charge is 0.345 e. The molecule has 1 N–H and O–H groups in total. The lowest BCUT2D eigenvalue weighted by Crippen LogP contribution is -2.36. The van der Waals surface area contributed by atoms with Crippen molar-refractivity contribution in [2.24, 2.45) is 13.0 Å². The van der Waals surface area contributed by atoms with Gasteiger partial charge in [-0.15, -0.1) is 0 Å². The SMILES string of the molecule is CC(C)CCn1nc2n(c1=O)CCC(NC(=O)c1cc(Cl)cn1C)CC2. The van der Waals surface area contributed by atoms with Crippen molar-refractivity contribution in [2.45, 2.75) is 58.7 Å². The summed E-state index contributed by atoms with van der Waals surface area (Å²) in [7, 11) is 1.79.